The Bertz CT molecular complexity index is 869. The van der Waals surface area contributed by atoms with E-state index in [4.69, 9.17) is 9.47 Å². The number of carbonyl (C=O) groups excluding carboxylic acids is 1. The van der Waals surface area contributed by atoms with Crippen molar-refractivity contribution in [1.82, 2.24) is 14.9 Å². The Labute approximate surface area is 165 Å². The molecule has 1 N–H and O–H groups in total. The summed E-state index contributed by atoms with van der Waals surface area (Å²) in [7, 11) is 5.89. The lowest BCUT2D eigenvalue weighted by molar-refractivity contribution is -0.126. The summed E-state index contributed by atoms with van der Waals surface area (Å²) in [5, 5.41) is 3.16. The summed E-state index contributed by atoms with van der Waals surface area (Å²) in [4.78, 5) is 19.7. The summed E-state index contributed by atoms with van der Waals surface area (Å²) >= 11 is 0. The maximum Gasteiger partial charge on any atom is 0.230 e. The van der Waals surface area contributed by atoms with E-state index in [1.54, 1.807) is 0 Å². The highest BCUT2D eigenvalue weighted by Crippen LogP contribution is 2.44. The fraction of sp³-hybridized carbons (Fsp3) is 0.524. The zero-order chi connectivity index (χ0) is 19.7. The number of fused-ring (bicyclic) bond motifs is 1. The minimum absolute atomic E-state index is 0.0780. The Hall–Kier alpha value is -2.70. The van der Waals surface area contributed by atoms with Gasteiger partial charge in [-0.15, -0.1) is 0 Å². The number of hydrogen-bond donors (Lipinski definition) is 1. The van der Waals surface area contributed by atoms with E-state index in [0.29, 0.717) is 19.8 Å². The second-order valence-electron chi connectivity index (χ2n) is 7.83. The Balaban J connectivity index is 1.55. The van der Waals surface area contributed by atoms with Crippen LogP contribution in [0, 0.1) is 0 Å². The lowest BCUT2D eigenvalue weighted by Crippen LogP contribution is -2.42. The first kappa shape index (κ1) is 18.7. The number of nitrogens with zero attached hydrogens (tertiary/aromatic N) is 3. The van der Waals surface area contributed by atoms with Gasteiger partial charge in [-0.05, 0) is 30.5 Å². The maximum absolute atomic E-state index is 13.3. The summed E-state index contributed by atoms with van der Waals surface area (Å²) < 4.78 is 13.4. The molecule has 1 aliphatic carbocycles. The first-order valence-electron chi connectivity index (χ1n) is 9.87. The second kappa shape index (κ2) is 7.37. The molecule has 2 aliphatic rings. The third kappa shape index (κ3) is 3.19. The van der Waals surface area contributed by atoms with Crippen LogP contribution in [0.2, 0.25) is 0 Å². The quantitative estimate of drug-likeness (QED) is 0.857. The fourth-order valence-corrected chi connectivity index (χ4v) is 4.32. The summed E-state index contributed by atoms with van der Waals surface area (Å²) in [5.74, 6) is 2.45. The predicted octanol–water partition coefficient (Wildman–Crippen LogP) is 2.39. The van der Waals surface area contributed by atoms with Crippen molar-refractivity contribution in [3.8, 4) is 11.5 Å². The normalized spacial score (nSPS) is 17.4. The molecule has 4 rings (SSSR count). The zero-order valence-corrected chi connectivity index (χ0v) is 16.8. The van der Waals surface area contributed by atoms with Crippen LogP contribution in [0.5, 0.6) is 11.5 Å². The molecule has 0 spiro atoms. The zero-order valence-electron chi connectivity index (χ0n) is 16.8. The molecular formula is C21H28N4O3. The number of carbonyl (C=O) groups is 1. The Kier molecular flexibility index (Phi) is 4.91. The van der Waals surface area contributed by atoms with Gasteiger partial charge in [-0.2, -0.15) is 0 Å². The number of rotatable bonds is 5. The monoisotopic (exact) mass is 384 g/mol. The van der Waals surface area contributed by atoms with Crippen molar-refractivity contribution in [3.63, 3.8) is 0 Å². The molecule has 0 atom stereocenters. The van der Waals surface area contributed by atoms with Gasteiger partial charge in [-0.1, -0.05) is 18.9 Å². The van der Waals surface area contributed by atoms with Gasteiger partial charge < -0.3 is 24.3 Å². The first-order valence-corrected chi connectivity index (χ1v) is 9.87. The van der Waals surface area contributed by atoms with Gasteiger partial charge >= 0.3 is 0 Å². The number of aromatic nitrogens is 2. The molecule has 7 heteroatoms. The number of benzene rings is 1. The van der Waals surface area contributed by atoms with E-state index in [1.165, 1.54) is 0 Å². The van der Waals surface area contributed by atoms with Gasteiger partial charge in [0.15, 0.2) is 11.5 Å². The smallest absolute Gasteiger partial charge is 0.230 e. The van der Waals surface area contributed by atoms with E-state index in [0.717, 1.165) is 54.4 Å². The number of hydrogen-bond acceptors (Lipinski definition) is 5. The summed E-state index contributed by atoms with van der Waals surface area (Å²) in [6.07, 6.45) is 5.64. The fourth-order valence-electron chi connectivity index (χ4n) is 4.32. The van der Waals surface area contributed by atoms with Crippen LogP contribution >= 0.6 is 0 Å². The predicted molar refractivity (Wildman–Crippen MR) is 107 cm³/mol. The molecular weight excluding hydrogens is 356 g/mol. The molecule has 2 aromatic rings. The van der Waals surface area contributed by atoms with Crippen LogP contribution in [0.25, 0.3) is 0 Å². The standard InChI is InChI=1S/C21H28N4O3/c1-24(2)20-23-14-16(25(20)3)13-22-19(26)21(8-4-5-9-21)15-6-7-17-18(12-15)28-11-10-27-17/h6-7,12,14H,4-5,8-11,13H2,1-3H3,(H,22,26). The van der Waals surface area contributed by atoms with Crippen LogP contribution in [0.1, 0.15) is 36.9 Å². The molecule has 0 saturated heterocycles. The van der Waals surface area contributed by atoms with Crippen molar-refractivity contribution in [1.29, 1.82) is 0 Å². The Morgan fingerprint density at radius 1 is 1.21 bits per heavy atom. The Morgan fingerprint density at radius 3 is 2.61 bits per heavy atom. The van der Waals surface area contributed by atoms with Crippen molar-refractivity contribution in [3.05, 3.63) is 35.7 Å². The van der Waals surface area contributed by atoms with Crippen LogP contribution in [-0.2, 0) is 23.8 Å². The molecule has 1 amide bonds. The summed E-state index contributed by atoms with van der Waals surface area (Å²) in [6.45, 7) is 1.57. The number of amides is 1. The van der Waals surface area contributed by atoms with Crippen molar-refractivity contribution in [2.75, 3.05) is 32.2 Å². The molecule has 1 aromatic carbocycles. The van der Waals surface area contributed by atoms with E-state index >= 15 is 0 Å². The molecule has 0 radical (unpaired) electrons. The number of imidazole rings is 1. The highest BCUT2D eigenvalue weighted by molar-refractivity contribution is 5.88. The van der Waals surface area contributed by atoms with Crippen molar-refractivity contribution in [2.24, 2.45) is 7.05 Å². The van der Waals surface area contributed by atoms with E-state index in [1.807, 2.05) is 55.0 Å². The molecule has 28 heavy (non-hydrogen) atoms. The Morgan fingerprint density at radius 2 is 1.93 bits per heavy atom. The van der Waals surface area contributed by atoms with Gasteiger partial charge in [-0.25, -0.2) is 4.98 Å². The second-order valence-corrected chi connectivity index (χ2v) is 7.83. The van der Waals surface area contributed by atoms with Gasteiger partial charge in [0, 0.05) is 21.1 Å². The van der Waals surface area contributed by atoms with Crippen molar-refractivity contribution in [2.45, 2.75) is 37.6 Å². The highest BCUT2D eigenvalue weighted by Gasteiger charge is 2.43. The van der Waals surface area contributed by atoms with Crippen molar-refractivity contribution >= 4 is 11.9 Å². The summed E-state index contributed by atoms with van der Waals surface area (Å²) in [5.41, 5.74) is 1.50. The van der Waals surface area contributed by atoms with Crippen LogP contribution in [-0.4, -0.2) is 42.8 Å². The third-order valence-electron chi connectivity index (χ3n) is 5.88. The van der Waals surface area contributed by atoms with Crippen LogP contribution in [0.15, 0.2) is 24.4 Å². The lowest BCUT2D eigenvalue weighted by Gasteiger charge is -2.30. The molecule has 1 aromatic heterocycles. The van der Waals surface area contributed by atoms with Crippen LogP contribution < -0.4 is 19.7 Å². The number of ether oxygens (including phenoxy) is 2. The molecule has 7 nitrogen and oxygen atoms in total. The van der Waals surface area contributed by atoms with E-state index in [2.05, 4.69) is 10.3 Å². The minimum atomic E-state index is -0.501. The van der Waals surface area contributed by atoms with Crippen LogP contribution in [0.3, 0.4) is 0 Å². The number of nitrogens with one attached hydrogen (secondary N) is 1. The molecule has 150 valence electrons. The third-order valence-corrected chi connectivity index (χ3v) is 5.88. The molecule has 0 unspecified atom stereocenters. The van der Waals surface area contributed by atoms with Crippen LogP contribution in [0.4, 0.5) is 5.95 Å². The molecule has 1 saturated carbocycles. The maximum atomic E-state index is 13.3. The van der Waals surface area contributed by atoms with E-state index in [9.17, 15) is 4.79 Å². The molecule has 0 bridgehead atoms. The van der Waals surface area contributed by atoms with E-state index in [-0.39, 0.29) is 5.91 Å². The molecule has 1 aliphatic heterocycles. The van der Waals surface area contributed by atoms with Gasteiger partial charge in [0.2, 0.25) is 11.9 Å². The van der Waals surface area contributed by atoms with Gasteiger partial charge in [-0.3, -0.25) is 4.79 Å². The molecule has 1 fully saturated rings. The van der Waals surface area contributed by atoms with Gasteiger partial charge in [0.25, 0.3) is 0 Å². The minimum Gasteiger partial charge on any atom is -0.486 e. The summed E-state index contributed by atoms with van der Waals surface area (Å²) in [6, 6.07) is 5.95. The first-order chi connectivity index (χ1) is 13.5. The van der Waals surface area contributed by atoms with Crippen molar-refractivity contribution < 1.29 is 14.3 Å². The molecule has 2 heterocycles. The lowest BCUT2D eigenvalue weighted by atomic mass is 9.77. The highest BCUT2D eigenvalue weighted by atomic mass is 16.6. The topological polar surface area (TPSA) is 68.6 Å². The average molecular weight is 384 g/mol. The average Bonchev–Trinajstić information content (AvgIpc) is 3.33. The largest absolute Gasteiger partial charge is 0.486 e. The van der Waals surface area contributed by atoms with Gasteiger partial charge in [0.05, 0.1) is 23.9 Å². The van der Waals surface area contributed by atoms with E-state index < -0.39 is 5.41 Å². The SMILES string of the molecule is CN(C)c1ncc(CNC(=O)C2(c3ccc4c(c3)OCCO4)CCCC2)n1C. The van der Waals surface area contributed by atoms with Gasteiger partial charge in [0.1, 0.15) is 13.2 Å². The number of anilines is 1.